The van der Waals surface area contributed by atoms with E-state index in [1.54, 1.807) is 12.3 Å². The fourth-order valence-corrected chi connectivity index (χ4v) is 2.81. The number of amidine groups is 1. The molecule has 6 heteroatoms. The van der Waals surface area contributed by atoms with Gasteiger partial charge in [0, 0.05) is 18.3 Å². The topological polar surface area (TPSA) is 86.2 Å². The van der Waals surface area contributed by atoms with Gasteiger partial charge in [0.25, 0.3) is 0 Å². The number of aromatic nitrogens is 1. The highest BCUT2D eigenvalue weighted by Gasteiger charge is 2.24. The molecule has 0 aromatic carbocycles. The first-order chi connectivity index (χ1) is 9.15. The van der Waals surface area contributed by atoms with Crippen molar-refractivity contribution in [1.82, 2.24) is 4.98 Å². The van der Waals surface area contributed by atoms with E-state index in [1.165, 1.54) is 0 Å². The van der Waals surface area contributed by atoms with Gasteiger partial charge in [-0.05, 0) is 18.9 Å². The predicted octanol–water partition coefficient (Wildman–Crippen LogP) is 1.76. The molecule has 0 aliphatic carbocycles. The Balaban J connectivity index is 2.38. The Bertz CT molecular complexity index is 466. The normalized spacial score (nSPS) is 20.1. The minimum atomic E-state index is -0.0657. The van der Waals surface area contributed by atoms with E-state index in [0.717, 1.165) is 32.2 Å². The first-order valence-corrected chi connectivity index (χ1v) is 6.89. The van der Waals surface area contributed by atoms with Gasteiger partial charge in [-0.3, -0.25) is 5.41 Å². The average molecular weight is 283 g/mol. The number of aliphatic hydroxyl groups excluding tert-OH is 1. The molecule has 1 saturated heterocycles. The van der Waals surface area contributed by atoms with Crippen LogP contribution in [-0.4, -0.2) is 35.1 Å². The summed E-state index contributed by atoms with van der Waals surface area (Å²) in [6.45, 7) is 0.904. The maximum Gasteiger partial charge on any atom is 0.148 e. The van der Waals surface area contributed by atoms with Gasteiger partial charge in [-0.15, -0.1) is 0 Å². The molecule has 0 bridgehead atoms. The number of nitrogens with one attached hydrogen (secondary N) is 1. The molecule has 2 heterocycles. The number of hydrogen-bond acceptors (Lipinski definition) is 4. The van der Waals surface area contributed by atoms with Crippen molar-refractivity contribution in [3.05, 3.63) is 22.8 Å². The van der Waals surface area contributed by atoms with E-state index in [1.807, 2.05) is 4.90 Å². The summed E-state index contributed by atoms with van der Waals surface area (Å²) in [5.74, 6) is 0.555. The van der Waals surface area contributed by atoms with Crippen LogP contribution < -0.4 is 10.6 Å². The summed E-state index contributed by atoms with van der Waals surface area (Å²) in [4.78, 5) is 6.36. The first kappa shape index (κ1) is 14.1. The van der Waals surface area contributed by atoms with Crippen LogP contribution in [0.4, 0.5) is 5.82 Å². The van der Waals surface area contributed by atoms with Crippen LogP contribution in [0.5, 0.6) is 0 Å². The van der Waals surface area contributed by atoms with Crippen molar-refractivity contribution in [3.63, 3.8) is 0 Å². The summed E-state index contributed by atoms with van der Waals surface area (Å²) in [5.41, 5.74) is 6.01. The van der Waals surface area contributed by atoms with Crippen molar-refractivity contribution in [2.24, 2.45) is 5.73 Å². The molecule has 1 unspecified atom stereocenters. The number of nitrogen functional groups attached to an aromatic ring is 1. The van der Waals surface area contributed by atoms with E-state index in [0.29, 0.717) is 16.4 Å². The Hall–Kier alpha value is -1.33. The number of pyridine rings is 1. The maximum atomic E-state index is 9.54. The van der Waals surface area contributed by atoms with Crippen molar-refractivity contribution >= 4 is 23.3 Å². The zero-order chi connectivity index (χ0) is 13.8. The van der Waals surface area contributed by atoms with E-state index in [2.05, 4.69) is 4.98 Å². The van der Waals surface area contributed by atoms with Crippen molar-refractivity contribution in [3.8, 4) is 0 Å². The number of aliphatic hydroxyl groups is 1. The molecular weight excluding hydrogens is 264 g/mol. The van der Waals surface area contributed by atoms with Gasteiger partial charge in [0.15, 0.2) is 0 Å². The molecule has 0 radical (unpaired) electrons. The SMILES string of the molecule is N=C(N)c1ccnc(N2CCCCCC2CO)c1Cl. The molecule has 4 N–H and O–H groups in total. The van der Waals surface area contributed by atoms with E-state index < -0.39 is 0 Å². The minimum Gasteiger partial charge on any atom is -0.394 e. The predicted molar refractivity (Wildman–Crippen MR) is 77.0 cm³/mol. The van der Waals surface area contributed by atoms with E-state index in [9.17, 15) is 5.11 Å². The van der Waals surface area contributed by atoms with Gasteiger partial charge in [-0.1, -0.05) is 24.4 Å². The molecule has 0 spiro atoms. The van der Waals surface area contributed by atoms with Crippen LogP contribution in [0.1, 0.15) is 31.2 Å². The number of nitrogens with zero attached hydrogens (tertiary/aromatic N) is 2. The highest BCUT2D eigenvalue weighted by atomic mass is 35.5. The highest BCUT2D eigenvalue weighted by molar-refractivity contribution is 6.36. The van der Waals surface area contributed by atoms with Crippen molar-refractivity contribution < 1.29 is 5.11 Å². The number of hydrogen-bond donors (Lipinski definition) is 3. The lowest BCUT2D eigenvalue weighted by atomic mass is 10.1. The van der Waals surface area contributed by atoms with Crippen molar-refractivity contribution in [1.29, 1.82) is 5.41 Å². The summed E-state index contributed by atoms with van der Waals surface area (Å²) in [7, 11) is 0. The third-order valence-electron chi connectivity index (χ3n) is 3.52. The molecule has 1 aliphatic rings. The molecule has 1 aromatic heterocycles. The minimum absolute atomic E-state index is 0.0368. The zero-order valence-electron chi connectivity index (χ0n) is 10.8. The summed E-state index contributed by atoms with van der Waals surface area (Å²) in [6, 6.07) is 1.68. The lowest BCUT2D eigenvalue weighted by Crippen LogP contribution is -2.38. The first-order valence-electron chi connectivity index (χ1n) is 6.51. The summed E-state index contributed by atoms with van der Waals surface area (Å²) < 4.78 is 0. The van der Waals surface area contributed by atoms with Crippen molar-refractivity contribution in [2.45, 2.75) is 31.7 Å². The lowest BCUT2D eigenvalue weighted by Gasteiger charge is -2.30. The van der Waals surface area contributed by atoms with Gasteiger partial charge in [-0.2, -0.15) is 0 Å². The molecule has 1 atom stereocenters. The quantitative estimate of drug-likeness (QED) is 0.582. The average Bonchev–Trinajstić information content (AvgIpc) is 2.63. The fourth-order valence-electron chi connectivity index (χ4n) is 2.49. The molecule has 1 fully saturated rings. The maximum absolute atomic E-state index is 9.54. The Morgan fingerprint density at radius 2 is 2.32 bits per heavy atom. The molecular formula is C13H19ClN4O. The van der Waals surface area contributed by atoms with Crippen LogP contribution in [0, 0.1) is 5.41 Å². The van der Waals surface area contributed by atoms with E-state index in [4.69, 9.17) is 22.7 Å². The second-order valence-electron chi connectivity index (χ2n) is 4.79. The number of rotatable bonds is 3. The molecule has 104 valence electrons. The van der Waals surface area contributed by atoms with Gasteiger partial charge >= 0.3 is 0 Å². The highest BCUT2D eigenvalue weighted by Crippen LogP contribution is 2.30. The molecule has 0 saturated carbocycles. The fraction of sp³-hybridized carbons (Fsp3) is 0.538. The van der Waals surface area contributed by atoms with Gasteiger partial charge in [0.2, 0.25) is 0 Å². The number of halogens is 1. The third-order valence-corrected chi connectivity index (χ3v) is 3.89. The van der Waals surface area contributed by atoms with Crippen LogP contribution in [-0.2, 0) is 0 Å². The van der Waals surface area contributed by atoms with Crippen LogP contribution in [0.3, 0.4) is 0 Å². The van der Waals surface area contributed by atoms with Crippen molar-refractivity contribution in [2.75, 3.05) is 18.1 Å². The van der Waals surface area contributed by atoms with Crippen LogP contribution in [0.25, 0.3) is 0 Å². The Kier molecular flexibility index (Phi) is 4.61. The largest absolute Gasteiger partial charge is 0.394 e. The van der Waals surface area contributed by atoms with E-state index >= 15 is 0 Å². The molecule has 0 amide bonds. The van der Waals surface area contributed by atoms with Gasteiger partial charge < -0.3 is 15.7 Å². The smallest absolute Gasteiger partial charge is 0.148 e. The Morgan fingerprint density at radius 3 is 3.00 bits per heavy atom. The summed E-state index contributed by atoms with van der Waals surface area (Å²) >= 11 is 6.31. The summed E-state index contributed by atoms with van der Waals surface area (Å²) in [6.07, 6.45) is 5.84. The lowest BCUT2D eigenvalue weighted by molar-refractivity contribution is 0.254. The third kappa shape index (κ3) is 2.98. The zero-order valence-corrected chi connectivity index (χ0v) is 11.5. The number of anilines is 1. The van der Waals surface area contributed by atoms with Crippen LogP contribution >= 0.6 is 11.6 Å². The number of nitrogens with two attached hydrogens (primary N) is 1. The molecule has 1 aromatic rings. The second-order valence-corrected chi connectivity index (χ2v) is 5.17. The van der Waals surface area contributed by atoms with Gasteiger partial charge in [0.1, 0.15) is 11.7 Å². The molecule has 19 heavy (non-hydrogen) atoms. The Labute approximate surface area is 117 Å². The van der Waals surface area contributed by atoms with Crippen LogP contribution in [0.2, 0.25) is 5.02 Å². The monoisotopic (exact) mass is 282 g/mol. The molecule has 5 nitrogen and oxygen atoms in total. The second kappa shape index (κ2) is 6.21. The molecule has 2 rings (SSSR count). The molecule has 1 aliphatic heterocycles. The van der Waals surface area contributed by atoms with Crippen LogP contribution in [0.15, 0.2) is 12.3 Å². The van der Waals surface area contributed by atoms with Gasteiger partial charge in [0.05, 0.1) is 17.7 Å². The summed E-state index contributed by atoms with van der Waals surface area (Å²) in [5, 5.41) is 17.5. The Morgan fingerprint density at radius 1 is 1.53 bits per heavy atom. The van der Waals surface area contributed by atoms with E-state index in [-0.39, 0.29) is 18.5 Å². The van der Waals surface area contributed by atoms with Gasteiger partial charge in [-0.25, -0.2) is 4.98 Å². The standard InChI is InChI=1S/C13H19ClN4O/c14-11-10(12(15)16)5-6-17-13(11)18-7-3-1-2-4-9(18)8-19/h5-6,9,19H,1-4,7-8H2,(H3,15,16).